The van der Waals surface area contributed by atoms with Crippen LogP contribution in [0, 0.1) is 5.92 Å². The highest BCUT2D eigenvalue weighted by Crippen LogP contribution is 2.39. The topological polar surface area (TPSA) is 66.6 Å². The lowest BCUT2D eigenvalue weighted by Crippen LogP contribution is -2.55. The fourth-order valence-corrected chi connectivity index (χ4v) is 5.00. The van der Waals surface area contributed by atoms with Crippen LogP contribution >= 0.6 is 0 Å². The number of hydrogen-bond acceptors (Lipinski definition) is 4. The molecule has 4 unspecified atom stereocenters. The van der Waals surface area contributed by atoms with Gasteiger partial charge in [0, 0.05) is 40.2 Å². The largest absolute Gasteiger partial charge is 0.398 e. The summed E-state index contributed by atoms with van der Waals surface area (Å²) < 4.78 is 0. The van der Waals surface area contributed by atoms with Gasteiger partial charge in [0.05, 0.1) is 6.04 Å². The number of imide groups is 1. The van der Waals surface area contributed by atoms with Crippen molar-refractivity contribution in [2.24, 2.45) is 5.92 Å². The highest BCUT2D eigenvalue weighted by Gasteiger charge is 2.45. The maximum absolute atomic E-state index is 13.2. The summed E-state index contributed by atoms with van der Waals surface area (Å²) in [5, 5.41) is 1.50. The Morgan fingerprint density at radius 3 is 2.60 bits per heavy atom. The van der Waals surface area contributed by atoms with Crippen LogP contribution in [0.3, 0.4) is 0 Å². The van der Waals surface area contributed by atoms with E-state index in [1.54, 1.807) is 12.1 Å². The Bertz CT molecular complexity index is 886. The third-order valence-corrected chi connectivity index (χ3v) is 6.40. The van der Waals surface area contributed by atoms with Gasteiger partial charge in [0.2, 0.25) is 0 Å². The molecule has 2 aromatic carbocycles. The van der Waals surface area contributed by atoms with E-state index in [1.807, 2.05) is 18.2 Å². The first-order valence-corrected chi connectivity index (χ1v) is 8.99. The molecule has 0 spiro atoms. The number of carbonyl (C=O) groups is 2. The van der Waals surface area contributed by atoms with Crippen molar-refractivity contribution < 1.29 is 9.59 Å². The van der Waals surface area contributed by atoms with Crippen LogP contribution in [-0.4, -0.2) is 46.8 Å². The minimum atomic E-state index is -0.172. The van der Waals surface area contributed by atoms with E-state index in [0.717, 1.165) is 31.3 Å². The first kappa shape index (κ1) is 14.9. The van der Waals surface area contributed by atoms with Gasteiger partial charge in [-0.3, -0.25) is 19.4 Å². The van der Waals surface area contributed by atoms with E-state index >= 15 is 0 Å². The van der Waals surface area contributed by atoms with Gasteiger partial charge in [-0.25, -0.2) is 0 Å². The first-order chi connectivity index (χ1) is 12.1. The second-order valence-corrected chi connectivity index (χ2v) is 7.58. The Morgan fingerprint density at radius 2 is 1.84 bits per heavy atom. The molecule has 0 aliphatic carbocycles. The van der Waals surface area contributed by atoms with Crippen molar-refractivity contribution in [3.8, 4) is 0 Å². The number of carbonyl (C=O) groups excluding carboxylic acids is 2. The molecule has 5 rings (SSSR count). The molecule has 2 saturated heterocycles. The summed E-state index contributed by atoms with van der Waals surface area (Å²) in [6, 6.07) is 9.59. The SMILES string of the molecule is CC1C2CCN1CC(N1C(=O)c3cccc4c(N)ccc(c34)C1=O)C2. The fourth-order valence-electron chi connectivity index (χ4n) is 5.00. The standard InChI is InChI=1S/C20H21N3O2/c1-11-12-7-8-22(11)10-13(9-12)23-19(24)15-4-2-3-14-17(21)6-5-16(18(14)15)20(23)25/h2-6,11-13H,7-10,21H2,1H3. The lowest BCUT2D eigenvalue weighted by molar-refractivity contribution is 0.0392. The molecule has 25 heavy (non-hydrogen) atoms. The van der Waals surface area contributed by atoms with Gasteiger partial charge in [-0.2, -0.15) is 0 Å². The van der Waals surface area contributed by atoms with E-state index < -0.39 is 0 Å². The highest BCUT2D eigenvalue weighted by atomic mass is 16.2. The minimum Gasteiger partial charge on any atom is -0.398 e. The van der Waals surface area contributed by atoms with Crippen molar-refractivity contribution in [1.82, 2.24) is 9.80 Å². The molecule has 3 aliphatic rings. The number of fused-ring (bicyclic) bond motifs is 2. The van der Waals surface area contributed by atoms with E-state index in [4.69, 9.17) is 5.73 Å². The predicted molar refractivity (Wildman–Crippen MR) is 96.4 cm³/mol. The van der Waals surface area contributed by atoms with E-state index in [0.29, 0.717) is 34.2 Å². The molecule has 0 aromatic heterocycles. The molecule has 0 saturated carbocycles. The molecular formula is C20H21N3O2. The molecule has 2 aromatic rings. The van der Waals surface area contributed by atoms with Crippen molar-refractivity contribution in [3.63, 3.8) is 0 Å². The number of amides is 2. The smallest absolute Gasteiger partial charge is 0.261 e. The number of piperidine rings is 1. The van der Waals surface area contributed by atoms with Gasteiger partial charge in [0.25, 0.3) is 11.8 Å². The zero-order valence-corrected chi connectivity index (χ0v) is 14.2. The zero-order chi connectivity index (χ0) is 17.3. The van der Waals surface area contributed by atoms with Crippen LogP contribution in [0.5, 0.6) is 0 Å². The molecule has 5 heteroatoms. The molecule has 5 nitrogen and oxygen atoms in total. The molecule has 2 fully saturated rings. The van der Waals surface area contributed by atoms with Gasteiger partial charge < -0.3 is 5.73 Å². The molecule has 2 bridgehead atoms. The van der Waals surface area contributed by atoms with Crippen molar-refractivity contribution >= 4 is 28.3 Å². The number of nitrogens with two attached hydrogens (primary N) is 1. The lowest BCUT2D eigenvalue weighted by atomic mass is 9.87. The Morgan fingerprint density at radius 1 is 1.08 bits per heavy atom. The maximum atomic E-state index is 13.2. The Labute approximate surface area is 146 Å². The molecule has 3 heterocycles. The third kappa shape index (κ3) is 1.93. The van der Waals surface area contributed by atoms with Gasteiger partial charge in [-0.05, 0) is 50.4 Å². The first-order valence-electron chi connectivity index (χ1n) is 8.99. The maximum Gasteiger partial charge on any atom is 0.261 e. The summed E-state index contributed by atoms with van der Waals surface area (Å²) >= 11 is 0. The van der Waals surface area contributed by atoms with Gasteiger partial charge >= 0.3 is 0 Å². The van der Waals surface area contributed by atoms with Crippen LogP contribution in [0.15, 0.2) is 30.3 Å². The fraction of sp³-hybridized carbons (Fsp3) is 0.400. The summed E-state index contributed by atoms with van der Waals surface area (Å²) in [5.41, 5.74) is 7.86. The number of nitrogens with zero attached hydrogens (tertiary/aromatic N) is 2. The number of nitrogen functional groups attached to an aromatic ring is 1. The number of benzene rings is 2. The van der Waals surface area contributed by atoms with E-state index in [1.165, 1.54) is 4.90 Å². The highest BCUT2D eigenvalue weighted by molar-refractivity contribution is 6.26. The average molecular weight is 335 g/mol. The second kappa shape index (κ2) is 5.05. The van der Waals surface area contributed by atoms with Crippen LogP contribution in [0.2, 0.25) is 0 Å². The second-order valence-electron chi connectivity index (χ2n) is 7.58. The quantitative estimate of drug-likeness (QED) is 0.642. The molecular weight excluding hydrogens is 314 g/mol. The zero-order valence-electron chi connectivity index (χ0n) is 14.2. The summed E-state index contributed by atoms with van der Waals surface area (Å²) in [6.07, 6.45) is 2.08. The summed E-state index contributed by atoms with van der Waals surface area (Å²) in [7, 11) is 0. The minimum absolute atomic E-state index is 0.0374. The van der Waals surface area contributed by atoms with Crippen molar-refractivity contribution in [3.05, 3.63) is 41.5 Å². The molecule has 0 radical (unpaired) electrons. The summed E-state index contributed by atoms with van der Waals surface area (Å²) in [5.74, 6) is 0.227. The number of rotatable bonds is 1. The Hall–Kier alpha value is -2.40. The average Bonchev–Trinajstić information content (AvgIpc) is 2.82. The van der Waals surface area contributed by atoms with Crippen LogP contribution in [0.4, 0.5) is 5.69 Å². The summed E-state index contributed by atoms with van der Waals surface area (Å²) in [6.45, 7) is 4.11. The van der Waals surface area contributed by atoms with Crippen molar-refractivity contribution in [2.45, 2.75) is 31.8 Å². The van der Waals surface area contributed by atoms with Crippen molar-refractivity contribution in [1.29, 1.82) is 0 Å². The monoisotopic (exact) mass is 335 g/mol. The van der Waals surface area contributed by atoms with Crippen LogP contribution < -0.4 is 5.73 Å². The predicted octanol–water partition coefficient (Wildman–Crippen LogP) is 2.50. The van der Waals surface area contributed by atoms with E-state index in [-0.39, 0.29) is 17.9 Å². The molecule has 2 N–H and O–H groups in total. The molecule has 4 atom stereocenters. The Kier molecular flexibility index (Phi) is 3.01. The molecule has 3 aliphatic heterocycles. The van der Waals surface area contributed by atoms with Gasteiger partial charge in [-0.15, -0.1) is 0 Å². The summed E-state index contributed by atoms with van der Waals surface area (Å²) in [4.78, 5) is 30.3. The van der Waals surface area contributed by atoms with Crippen molar-refractivity contribution in [2.75, 3.05) is 18.8 Å². The van der Waals surface area contributed by atoms with Gasteiger partial charge in [0.15, 0.2) is 0 Å². The van der Waals surface area contributed by atoms with Gasteiger partial charge in [0.1, 0.15) is 0 Å². The van der Waals surface area contributed by atoms with E-state index in [2.05, 4.69) is 11.8 Å². The number of hydrogen-bond donors (Lipinski definition) is 1. The normalized spacial score (nSPS) is 31.0. The lowest BCUT2D eigenvalue weighted by Gasteiger charge is -2.41. The van der Waals surface area contributed by atoms with Crippen LogP contribution in [-0.2, 0) is 0 Å². The molecule has 128 valence electrons. The van der Waals surface area contributed by atoms with Crippen LogP contribution in [0.1, 0.15) is 40.5 Å². The third-order valence-electron chi connectivity index (χ3n) is 6.40. The van der Waals surface area contributed by atoms with E-state index in [9.17, 15) is 9.59 Å². The number of anilines is 1. The van der Waals surface area contributed by atoms with Gasteiger partial charge in [-0.1, -0.05) is 12.1 Å². The molecule has 2 amide bonds. The van der Waals surface area contributed by atoms with Crippen LogP contribution in [0.25, 0.3) is 10.8 Å². The Balaban J connectivity index is 1.62.